The number of hydrogen-bond acceptors (Lipinski definition) is 3. The van der Waals surface area contributed by atoms with E-state index < -0.39 is 0 Å². The lowest BCUT2D eigenvalue weighted by Crippen LogP contribution is -2.24. The standard InChI is InChI=1S/C28H26ClN5O/c1-4-22-25(34-27(31-22)20-9-11-21(29)12-10-20)28(35)30-15-18-5-7-19(8-6-18)26-32-23-13-16(2)17(3)14-24(23)33-26/h5-14H,4,15H2,1-3H3,(H,30,35)(H,31,34)(H,32,33). The summed E-state index contributed by atoms with van der Waals surface area (Å²) in [6, 6.07) is 19.7. The molecule has 0 aliphatic heterocycles. The topological polar surface area (TPSA) is 86.5 Å². The number of halogens is 1. The summed E-state index contributed by atoms with van der Waals surface area (Å²) in [5.41, 5.74) is 8.56. The zero-order valence-electron chi connectivity index (χ0n) is 19.9. The van der Waals surface area contributed by atoms with Crippen LogP contribution in [0.1, 0.15) is 39.8 Å². The quantitative estimate of drug-likeness (QED) is 0.262. The molecule has 0 spiro atoms. The van der Waals surface area contributed by atoms with Crippen molar-refractivity contribution in [2.45, 2.75) is 33.7 Å². The monoisotopic (exact) mass is 483 g/mol. The molecule has 5 aromatic rings. The average Bonchev–Trinajstić information content (AvgIpc) is 3.48. The molecule has 6 nitrogen and oxygen atoms in total. The van der Waals surface area contributed by atoms with Crippen LogP contribution in [0.5, 0.6) is 0 Å². The van der Waals surface area contributed by atoms with Gasteiger partial charge in [-0.05, 0) is 73.4 Å². The second-order valence-corrected chi connectivity index (χ2v) is 9.13. The van der Waals surface area contributed by atoms with Crippen LogP contribution in [-0.4, -0.2) is 25.8 Å². The Morgan fingerprint density at radius 1 is 0.886 bits per heavy atom. The van der Waals surface area contributed by atoms with Gasteiger partial charge in [-0.2, -0.15) is 0 Å². The molecule has 0 saturated heterocycles. The Bertz CT molecular complexity index is 1480. The molecule has 5 rings (SSSR count). The molecular formula is C28H26ClN5O. The number of aryl methyl sites for hydroxylation is 3. The summed E-state index contributed by atoms with van der Waals surface area (Å²) in [4.78, 5) is 28.9. The highest BCUT2D eigenvalue weighted by Crippen LogP contribution is 2.24. The molecule has 35 heavy (non-hydrogen) atoms. The van der Waals surface area contributed by atoms with Gasteiger partial charge in [0.25, 0.3) is 5.91 Å². The number of rotatable bonds is 6. The molecule has 0 radical (unpaired) electrons. The maximum atomic E-state index is 12.9. The van der Waals surface area contributed by atoms with Gasteiger partial charge in [-0.15, -0.1) is 0 Å². The van der Waals surface area contributed by atoms with Crippen molar-refractivity contribution in [2.75, 3.05) is 0 Å². The number of nitrogens with zero attached hydrogens (tertiary/aromatic N) is 2. The van der Waals surface area contributed by atoms with E-state index in [4.69, 9.17) is 16.6 Å². The number of aromatic amines is 2. The highest BCUT2D eigenvalue weighted by atomic mass is 35.5. The molecule has 2 heterocycles. The van der Waals surface area contributed by atoms with Crippen LogP contribution >= 0.6 is 11.6 Å². The molecule has 3 aromatic carbocycles. The number of H-pyrrole nitrogens is 2. The first-order chi connectivity index (χ1) is 16.9. The van der Waals surface area contributed by atoms with Gasteiger partial charge >= 0.3 is 0 Å². The smallest absolute Gasteiger partial charge is 0.272 e. The first-order valence-electron chi connectivity index (χ1n) is 11.6. The van der Waals surface area contributed by atoms with Crippen molar-refractivity contribution >= 4 is 28.5 Å². The maximum Gasteiger partial charge on any atom is 0.272 e. The molecule has 0 aliphatic rings. The van der Waals surface area contributed by atoms with Gasteiger partial charge in [0, 0.05) is 28.4 Å². The molecule has 0 fully saturated rings. The van der Waals surface area contributed by atoms with Crippen LogP contribution in [0.15, 0.2) is 60.7 Å². The van der Waals surface area contributed by atoms with E-state index in [0.717, 1.165) is 39.2 Å². The Morgan fingerprint density at radius 3 is 2.20 bits per heavy atom. The van der Waals surface area contributed by atoms with Gasteiger partial charge in [-0.1, -0.05) is 42.8 Å². The van der Waals surface area contributed by atoms with Crippen molar-refractivity contribution in [1.82, 2.24) is 25.3 Å². The molecule has 1 amide bonds. The van der Waals surface area contributed by atoms with Gasteiger partial charge in [-0.25, -0.2) is 9.97 Å². The lowest BCUT2D eigenvalue weighted by atomic mass is 10.1. The maximum absolute atomic E-state index is 12.9. The van der Waals surface area contributed by atoms with Crippen LogP contribution in [0.2, 0.25) is 5.02 Å². The van der Waals surface area contributed by atoms with Crippen LogP contribution in [0.3, 0.4) is 0 Å². The zero-order chi connectivity index (χ0) is 24.5. The number of carbonyl (C=O) groups is 1. The summed E-state index contributed by atoms with van der Waals surface area (Å²) in [7, 11) is 0. The average molecular weight is 484 g/mol. The molecule has 0 saturated carbocycles. The molecule has 0 aliphatic carbocycles. The summed E-state index contributed by atoms with van der Waals surface area (Å²) in [6.07, 6.45) is 0.675. The largest absolute Gasteiger partial charge is 0.347 e. The van der Waals surface area contributed by atoms with Crippen molar-refractivity contribution in [2.24, 2.45) is 0 Å². The van der Waals surface area contributed by atoms with Crippen LogP contribution in [0, 0.1) is 13.8 Å². The Labute approximate surface area is 208 Å². The predicted molar refractivity (Wildman–Crippen MR) is 141 cm³/mol. The molecule has 3 N–H and O–H groups in total. The Kier molecular flexibility index (Phi) is 6.14. The van der Waals surface area contributed by atoms with Crippen LogP contribution < -0.4 is 5.32 Å². The lowest BCUT2D eigenvalue weighted by Gasteiger charge is -2.06. The normalized spacial score (nSPS) is 11.2. The van der Waals surface area contributed by atoms with E-state index in [2.05, 4.69) is 46.2 Å². The number of benzene rings is 3. The van der Waals surface area contributed by atoms with Crippen molar-refractivity contribution in [3.63, 3.8) is 0 Å². The van der Waals surface area contributed by atoms with Crippen LogP contribution in [0.4, 0.5) is 0 Å². The van der Waals surface area contributed by atoms with E-state index in [9.17, 15) is 4.79 Å². The third-order valence-corrected chi connectivity index (χ3v) is 6.49. The van der Waals surface area contributed by atoms with Crippen molar-refractivity contribution in [1.29, 1.82) is 0 Å². The molecular weight excluding hydrogens is 458 g/mol. The van der Waals surface area contributed by atoms with Crippen LogP contribution in [0.25, 0.3) is 33.8 Å². The SMILES string of the molecule is CCc1[nH]c(-c2ccc(Cl)cc2)nc1C(=O)NCc1ccc(-c2nc3cc(C)c(C)cc3[nH]2)cc1. The van der Waals surface area contributed by atoms with Crippen LogP contribution in [-0.2, 0) is 13.0 Å². The summed E-state index contributed by atoms with van der Waals surface area (Å²) in [6.45, 7) is 6.60. The van der Waals surface area contributed by atoms with Gasteiger partial charge in [0.1, 0.15) is 17.3 Å². The molecule has 0 atom stereocenters. The summed E-state index contributed by atoms with van der Waals surface area (Å²) >= 11 is 5.99. The van der Waals surface area contributed by atoms with E-state index in [1.165, 1.54) is 11.1 Å². The fourth-order valence-corrected chi connectivity index (χ4v) is 4.18. The predicted octanol–water partition coefficient (Wildman–Crippen LogP) is 6.38. The van der Waals surface area contributed by atoms with Crippen molar-refractivity contribution < 1.29 is 4.79 Å². The third-order valence-electron chi connectivity index (χ3n) is 6.24. The molecule has 7 heteroatoms. The Balaban J connectivity index is 1.29. The number of nitrogens with one attached hydrogen (secondary N) is 3. The number of imidazole rings is 2. The Morgan fingerprint density at radius 2 is 1.51 bits per heavy atom. The van der Waals surface area contributed by atoms with Gasteiger partial charge in [0.2, 0.25) is 0 Å². The van der Waals surface area contributed by atoms with E-state index in [-0.39, 0.29) is 5.91 Å². The molecule has 2 aromatic heterocycles. The minimum absolute atomic E-state index is 0.203. The third kappa shape index (κ3) is 4.70. The lowest BCUT2D eigenvalue weighted by molar-refractivity contribution is 0.0945. The first kappa shape index (κ1) is 22.9. The second-order valence-electron chi connectivity index (χ2n) is 8.69. The van der Waals surface area contributed by atoms with E-state index in [1.807, 2.05) is 55.5 Å². The van der Waals surface area contributed by atoms with E-state index in [1.54, 1.807) is 0 Å². The number of carbonyl (C=O) groups excluding carboxylic acids is 1. The summed E-state index contributed by atoms with van der Waals surface area (Å²) in [5, 5.41) is 3.65. The number of fused-ring (bicyclic) bond motifs is 1. The summed E-state index contributed by atoms with van der Waals surface area (Å²) < 4.78 is 0. The highest BCUT2D eigenvalue weighted by molar-refractivity contribution is 6.30. The first-order valence-corrected chi connectivity index (χ1v) is 12.0. The number of amides is 1. The zero-order valence-corrected chi connectivity index (χ0v) is 20.6. The van der Waals surface area contributed by atoms with Gasteiger partial charge in [0.15, 0.2) is 0 Å². The Hall–Kier alpha value is -3.90. The van der Waals surface area contributed by atoms with Gasteiger partial charge in [0.05, 0.1) is 11.0 Å². The summed E-state index contributed by atoms with van der Waals surface area (Å²) in [5.74, 6) is 1.29. The highest BCUT2D eigenvalue weighted by Gasteiger charge is 2.17. The van der Waals surface area contributed by atoms with Crippen molar-refractivity contribution in [3.05, 3.63) is 93.8 Å². The number of hydrogen-bond donors (Lipinski definition) is 3. The number of aromatic nitrogens is 4. The fourth-order valence-electron chi connectivity index (χ4n) is 4.05. The molecule has 176 valence electrons. The fraction of sp³-hybridized carbons (Fsp3) is 0.179. The minimum atomic E-state index is -0.203. The van der Waals surface area contributed by atoms with Gasteiger partial charge in [-0.3, -0.25) is 4.79 Å². The van der Waals surface area contributed by atoms with E-state index >= 15 is 0 Å². The molecule has 0 unspecified atom stereocenters. The van der Waals surface area contributed by atoms with E-state index in [0.29, 0.717) is 29.5 Å². The van der Waals surface area contributed by atoms with Gasteiger partial charge < -0.3 is 15.3 Å². The molecule has 0 bridgehead atoms. The minimum Gasteiger partial charge on any atom is -0.347 e. The second kappa shape index (κ2) is 9.39. The van der Waals surface area contributed by atoms with Crippen molar-refractivity contribution in [3.8, 4) is 22.8 Å².